The molecule has 1 aliphatic rings. The van der Waals surface area contributed by atoms with Crippen LogP contribution in [0.3, 0.4) is 0 Å². The first kappa shape index (κ1) is 16.2. The monoisotopic (exact) mass is 289 g/mol. The van der Waals surface area contributed by atoms with Crippen molar-refractivity contribution < 1.29 is 14.2 Å². The molecule has 1 saturated carbocycles. The first-order valence-corrected chi connectivity index (χ1v) is 6.43. The number of para-hydroxylation sites is 1. The Hall–Kier alpha value is -0.840. The van der Waals surface area contributed by atoms with Crippen LogP contribution in [0.2, 0.25) is 0 Å². The predicted octanol–water partition coefficient (Wildman–Crippen LogP) is 2.51. The number of nitrogens with two attached hydrogens (primary N) is 1. The highest BCUT2D eigenvalue weighted by Gasteiger charge is 2.32. The summed E-state index contributed by atoms with van der Waals surface area (Å²) >= 11 is 0. The van der Waals surface area contributed by atoms with E-state index in [1.54, 1.807) is 18.2 Å². The van der Waals surface area contributed by atoms with Gasteiger partial charge in [0.15, 0.2) is 11.6 Å². The minimum absolute atomic E-state index is 0. The van der Waals surface area contributed by atoms with Crippen LogP contribution in [0.15, 0.2) is 24.3 Å². The summed E-state index contributed by atoms with van der Waals surface area (Å²) in [6, 6.07) is 6.42. The van der Waals surface area contributed by atoms with Crippen LogP contribution in [0, 0.1) is 11.7 Å². The maximum atomic E-state index is 13.3. The number of halogens is 2. The molecule has 5 heteroatoms. The van der Waals surface area contributed by atoms with Crippen molar-refractivity contribution >= 4 is 12.4 Å². The Balaban J connectivity index is 0.00000180. The molecule has 0 amide bonds. The molecule has 2 rings (SSSR count). The van der Waals surface area contributed by atoms with Crippen molar-refractivity contribution in [1.29, 1.82) is 0 Å². The van der Waals surface area contributed by atoms with Gasteiger partial charge in [0.1, 0.15) is 0 Å². The maximum absolute atomic E-state index is 13.3. The van der Waals surface area contributed by atoms with Crippen LogP contribution in [0.4, 0.5) is 4.39 Å². The summed E-state index contributed by atoms with van der Waals surface area (Å²) in [5.74, 6) is 0.348. The molecule has 19 heavy (non-hydrogen) atoms. The lowest BCUT2D eigenvalue weighted by Crippen LogP contribution is -2.41. The van der Waals surface area contributed by atoms with Crippen molar-refractivity contribution in [3.05, 3.63) is 30.1 Å². The lowest BCUT2D eigenvalue weighted by atomic mass is 9.79. The fraction of sp³-hybridized carbons (Fsp3) is 0.571. The molecule has 0 aliphatic heterocycles. The molecule has 108 valence electrons. The van der Waals surface area contributed by atoms with Gasteiger partial charge >= 0.3 is 0 Å². The average Bonchev–Trinajstić information content (AvgIpc) is 2.40. The molecule has 1 fully saturated rings. The van der Waals surface area contributed by atoms with Gasteiger partial charge < -0.3 is 15.6 Å². The van der Waals surface area contributed by atoms with Gasteiger partial charge in [-0.1, -0.05) is 12.1 Å². The van der Waals surface area contributed by atoms with E-state index in [1.165, 1.54) is 6.07 Å². The van der Waals surface area contributed by atoms with Crippen molar-refractivity contribution in [2.75, 3.05) is 13.2 Å². The summed E-state index contributed by atoms with van der Waals surface area (Å²) in [4.78, 5) is 0. The molecule has 0 atom stereocenters. The number of hydrogen-bond acceptors (Lipinski definition) is 3. The van der Waals surface area contributed by atoms with E-state index in [9.17, 15) is 9.50 Å². The number of benzene rings is 1. The number of aliphatic hydroxyl groups is 1. The molecule has 0 unspecified atom stereocenters. The molecular formula is C14H21ClFNO2. The largest absolute Gasteiger partial charge is 0.490 e. The molecule has 1 aromatic carbocycles. The highest BCUT2D eigenvalue weighted by molar-refractivity contribution is 5.85. The number of hydrogen-bond donors (Lipinski definition) is 2. The summed E-state index contributed by atoms with van der Waals surface area (Å²) in [7, 11) is 0. The van der Waals surface area contributed by atoms with Gasteiger partial charge in [0, 0.05) is 6.54 Å². The predicted molar refractivity (Wildman–Crippen MR) is 75.1 cm³/mol. The van der Waals surface area contributed by atoms with E-state index in [2.05, 4.69) is 0 Å². The molecule has 3 nitrogen and oxygen atoms in total. The van der Waals surface area contributed by atoms with E-state index in [1.807, 2.05) is 0 Å². The second-order valence-electron chi connectivity index (χ2n) is 5.11. The molecule has 1 aliphatic carbocycles. The molecule has 0 radical (unpaired) electrons. The second-order valence-corrected chi connectivity index (χ2v) is 5.11. The van der Waals surface area contributed by atoms with Crippen LogP contribution in [-0.4, -0.2) is 23.9 Å². The van der Waals surface area contributed by atoms with Gasteiger partial charge in [-0.25, -0.2) is 4.39 Å². The lowest BCUT2D eigenvalue weighted by Gasteiger charge is -2.34. The van der Waals surface area contributed by atoms with E-state index >= 15 is 0 Å². The molecule has 3 N–H and O–H groups in total. The minimum atomic E-state index is -0.700. The van der Waals surface area contributed by atoms with Crippen molar-refractivity contribution in [3.8, 4) is 5.75 Å². The number of ether oxygens (including phenoxy) is 1. The van der Waals surface area contributed by atoms with Crippen LogP contribution in [0.1, 0.15) is 25.7 Å². The topological polar surface area (TPSA) is 55.5 Å². The Morgan fingerprint density at radius 1 is 1.32 bits per heavy atom. The zero-order valence-corrected chi connectivity index (χ0v) is 11.7. The van der Waals surface area contributed by atoms with Gasteiger partial charge in [0.05, 0.1) is 12.2 Å². The third-order valence-corrected chi connectivity index (χ3v) is 3.73. The van der Waals surface area contributed by atoms with Gasteiger partial charge in [-0.3, -0.25) is 0 Å². The van der Waals surface area contributed by atoms with E-state index in [0.29, 0.717) is 37.7 Å². The Bertz CT molecular complexity index is 395. The standard InChI is InChI=1S/C14H20FNO2.ClH/c15-12-3-1-2-4-13(12)18-9-11-5-7-14(17,10-16)8-6-11;/h1-4,11,17H,5-10,16H2;1H. The molecule has 0 bridgehead atoms. The van der Waals surface area contributed by atoms with Crippen LogP contribution in [0.25, 0.3) is 0 Å². The Morgan fingerprint density at radius 2 is 1.95 bits per heavy atom. The third-order valence-electron chi connectivity index (χ3n) is 3.73. The van der Waals surface area contributed by atoms with Gasteiger partial charge in [-0.2, -0.15) is 0 Å². The van der Waals surface area contributed by atoms with E-state index in [4.69, 9.17) is 10.5 Å². The maximum Gasteiger partial charge on any atom is 0.165 e. The first-order chi connectivity index (χ1) is 8.63. The van der Waals surface area contributed by atoms with Gasteiger partial charge in [-0.05, 0) is 43.7 Å². The first-order valence-electron chi connectivity index (χ1n) is 6.43. The van der Waals surface area contributed by atoms with E-state index < -0.39 is 5.60 Å². The lowest BCUT2D eigenvalue weighted by molar-refractivity contribution is -0.00713. The number of rotatable bonds is 4. The fourth-order valence-electron chi connectivity index (χ4n) is 2.36. The highest BCUT2D eigenvalue weighted by atomic mass is 35.5. The van der Waals surface area contributed by atoms with Crippen LogP contribution >= 0.6 is 12.4 Å². The summed E-state index contributed by atoms with van der Waals surface area (Å²) < 4.78 is 18.8. The highest BCUT2D eigenvalue weighted by Crippen LogP contribution is 2.32. The summed E-state index contributed by atoms with van der Waals surface area (Å²) in [5.41, 5.74) is 4.84. The Morgan fingerprint density at radius 3 is 2.53 bits per heavy atom. The second kappa shape index (κ2) is 7.08. The molecule has 0 spiro atoms. The van der Waals surface area contributed by atoms with Gasteiger partial charge in [0.25, 0.3) is 0 Å². The zero-order chi connectivity index (χ0) is 13.0. The van der Waals surface area contributed by atoms with Crippen LogP contribution in [-0.2, 0) is 0 Å². The fourth-order valence-corrected chi connectivity index (χ4v) is 2.36. The van der Waals surface area contributed by atoms with E-state index in [0.717, 1.165) is 12.8 Å². The zero-order valence-electron chi connectivity index (χ0n) is 10.8. The quantitative estimate of drug-likeness (QED) is 0.895. The Kier molecular flexibility index (Phi) is 6.04. The minimum Gasteiger partial charge on any atom is -0.490 e. The average molecular weight is 290 g/mol. The molecular weight excluding hydrogens is 269 g/mol. The molecule has 0 heterocycles. The van der Waals surface area contributed by atoms with Crippen LogP contribution < -0.4 is 10.5 Å². The van der Waals surface area contributed by atoms with E-state index in [-0.39, 0.29) is 18.2 Å². The van der Waals surface area contributed by atoms with Crippen molar-refractivity contribution in [3.63, 3.8) is 0 Å². The third kappa shape index (κ3) is 4.34. The van der Waals surface area contributed by atoms with Crippen LogP contribution in [0.5, 0.6) is 5.75 Å². The SMILES string of the molecule is Cl.NCC1(O)CCC(COc2ccccc2F)CC1. The van der Waals surface area contributed by atoms with Crippen molar-refractivity contribution in [1.82, 2.24) is 0 Å². The molecule has 0 aromatic heterocycles. The molecule has 0 saturated heterocycles. The summed E-state index contributed by atoms with van der Waals surface area (Å²) in [6.07, 6.45) is 3.16. The van der Waals surface area contributed by atoms with Crippen molar-refractivity contribution in [2.45, 2.75) is 31.3 Å². The normalized spacial score (nSPS) is 26.6. The summed E-state index contributed by atoms with van der Waals surface area (Å²) in [6.45, 7) is 0.815. The molecule has 1 aromatic rings. The van der Waals surface area contributed by atoms with Gasteiger partial charge in [0.2, 0.25) is 0 Å². The smallest absolute Gasteiger partial charge is 0.165 e. The van der Waals surface area contributed by atoms with Crippen molar-refractivity contribution in [2.24, 2.45) is 11.7 Å². The Labute approximate surface area is 119 Å². The van der Waals surface area contributed by atoms with Gasteiger partial charge in [-0.15, -0.1) is 12.4 Å². The summed E-state index contributed by atoms with van der Waals surface area (Å²) in [5, 5.41) is 10.0.